The Hall–Kier alpha value is -1.86. The summed E-state index contributed by atoms with van der Waals surface area (Å²) < 4.78 is 39.6. The maximum atomic E-state index is 13.2. The Balaban J connectivity index is 1.41. The first-order valence-corrected chi connectivity index (χ1v) is 10.1. The molecule has 3 heterocycles. The number of benzene rings is 1. The standard InChI is InChI=1S/C20H21F3N2OS/c21-20(22,23)17-4-2-1-3-16(17)19(26)24-9-5-15(6-10-24)25-11-7-18-14(13-25)8-12-27-18/h1-4,8,12,15H,5-7,9-11,13H2. The molecule has 144 valence electrons. The SMILES string of the molecule is O=C(c1ccccc1C(F)(F)F)N1CCC(N2CCc3sccc3C2)CC1. The predicted molar refractivity (Wildman–Crippen MR) is 98.8 cm³/mol. The van der Waals surface area contributed by atoms with Gasteiger partial charge in [0.1, 0.15) is 0 Å². The molecule has 1 saturated heterocycles. The van der Waals surface area contributed by atoms with Gasteiger partial charge in [-0.25, -0.2) is 0 Å². The minimum atomic E-state index is -4.52. The number of likely N-dealkylation sites (tertiary alicyclic amines) is 1. The van der Waals surface area contributed by atoms with Crippen molar-refractivity contribution in [3.05, 3.63) is 57.3 Å². The monoisotopic (exact) mass is 394 g/mol. The molecule has 1 aromatic heterocycles. The van der Waals surface area contributed by atoms with Crippen LogP contribution in [0.2, 0.25) is 0 Å². The Kier molecular flexibility index (Phi) is 4.99. The molecule has 1 aromatic carbocycles. The summed E-state index contributed by atoms with van der Waals surface area (Å²) in [5.41, 5.74) is 0.298. The summed E-state index contributed by atoms with van der Waals surface area (Å²) in [6.07, 6.45) is -1.85. The van der Waals surface area contributed by atoms with Crippen molar-refractivity contribution in [2.24, 2.45) is 0 Å². The van der Waals surface area contributed by atoms with Crippen molar-refractivity contribution < 1.29 is 18.0 Å². The number of carbonyl (C=O) groups is 1. The number of hydrogen-bond donors (Lipinski definition) is 0. The number of alkyl halides is 3. The van der Waals surface area contributed by atoms with E-state index in [1.54, 1.807) is 4.90 Å². The normalized spacial score (nSPS) is 19.1. The largest absolute Gasteiger partial charge is 0.417 e. The number of halogens is 3. The first-order valence-electron chi connectivity index (χ1n) is 9.18. The molecule has 1 fully saturated rings. The number of piperidine rings is 1. The van der Waals surface area contributed by atoms with E-state index in [1.165, 1.54) is 28.6 Å². The average molecular weight is 394 g/mol. The molecule has 0 N–H and O–H groups in total. The molecular weight excluding hydrogens is 373 g/mol. The van der Waals surface area contributed by atoms with Crippen LogP contribution in [0.15, 0.2) is 35.7 Å². The number of carbonyl (C=O) groups excluding carboxylic acids is 1. The van der Waals surface area contributed by atoms with Crippen LogP contribution in [-0.4, -0.2) is 41.4 Å². The maximum Gasteiger partial charge on any atom is 0.417 e. The number of amides is 1. The van der Waals surface area contributed by atoms with Gasteiger partial charge in [0.15, 0.2) is 0 Å². The van der Waals surface area contributed by atoms with E-state index in [0.29, 0.717) is 19.1 Å². The van der Waals surface area contributed by atoms with E-state index in [2.05, 4.69) is 16.3 Å². The summed E-state index contributed by atoms with van der Waals surface area (Å²) in [6, 6.07) is 7.63. The van der Waals surface area contributed by atoms with Gasteiger partial charge in [-0.2, -0.15) is 13.2 Å². The molecule has 2 aliphatic rings. The fourth-order valence-electron chi connectivity index (χ4n) is 4.10. The van der Waals surface area contributed by atoms with Crippen molar-refractivity contribution >= 4 is 17.2 Å². The zero-order valence-electron chi connectivity index (χ0n) is 14.8. The molecule has 0 spiro atoms. The highest BCUT2D eigenvalue weighted by molar-refractivity contribution is 7.10. The Bertz CT molecular complexity index is 825. The van der Waals surface area contributed by atoms with E-state index in [1.807, 2.05) is 11.3 Å². The highest BCUT2D eigenvalue weighted by atomic mass is 32.1. The number of hydrogen-bond acceptors (Lipinski definition) is 3. The Labute approximate surface area is 160 Å². The third kappa shape index (κ3) is 3.75. The number of fused-ring (bicyclic) bond motifs is 1. The lowest BCUT2D eigenvalue weighted by Crippen LogP contribution is -2.48. The van der Waals surface area contributed by atoms with Crippen molar-refractivity contribution in [1.29, 1.82) is 0 Å². The van der Waals surface area contributed by atoms with E-state index < -0.39 is 17.6 Å². The molecule has 0 unspecified atom stereocenters. The van der Waals surface area contributed by atoms with Crippen LogP contribution >= 0.6 is 11.3 Å². The van der Waals surface area contributed by atoms with Gasteiger partial charge < -0.3 is 4.90 Å². The average Bonchev–Trinajstić information content (AvgIpc) is 3.15. The van der Waals surface area contributed by atoms with Crippen LogP contribution in [0.4, 0.5) is 13.2 Å². The van der Waals surface area contributed by atoms with Gasteiger partial charge in [-0.1, -0.05) is 12.1 Å². The molecule has 0 radical (unpaired) electrons. The lowest BCUT2D eigenvalue weighted by molar-refractivity contribution is -0.138. The van der Waals surface area contributed by atoms with E-state index >= 15 is 0 Å². The summed E-state index contributed by atoms with van der Waals surface area (Å²) in [5.74, 6) is -0.514. The summed E-state index contributed by atoms with van der Waals surface area (Å²) in [4.78, 5) is 18.2. The van der Waals surface area contributed by atoms with Gasteiger partial charge in [-0.3, -0.25) is 9.69 Å². The molecule has 4 rings (SSSR count). The number of nitrogens with zero attached hydrogens (tertiary/aromatic N) is 2. The zero-order chi connectivity index (χ0) is 19.0. The minimum absolute atomic E-state index is 0.246. The van der Waals surface area contributed by atoms with Crippen LogP contribution in [0.1, 0.15) is 39.2 Å². The molecular formula is C20H21F3N2OS. The fourth-order valence-corrected chi connectivity index (χ4v) is 4.99. The lowest BCUT2D eigenvalue weighted by Gasteiger charge is -2.40. The minimum Gasteiger partial charge on any atom is -0.339 e. The van der Waals surface area contributed by atoms with Gasteiger partial charge in [0.05, 0.1) is 11.1 Å². The topological polar surface area (TPSA) is 23.6 Å². The van der Waals surface area contributed by atoms with E-state index in [9.17, 15) is 18.0 Å². The quantitative estimate of drug-likeness (QED) is 0.752. The second-order valence-corrected chi connectivity index (χ2v) is 8.16. The van der Waals surface area contributed by atoms with Crippen molar-refractivity contribution in [2.45, 2.75) is 38.0 Å². The molecule has 2 aliphatic heterocycles. The van der Waals surface area contributed by atoms with Crippen LogP contribution in [0.25, 0.3) is 0 Å². The number of rotatable bonds is 2. The van der Waals surface area contributed by atoms with Gasteiger partial charge in [-0.05, 0) is 48.4 Å². The Morgan fingerprint density at radius 2 is 1.81 bits per heavy atom. The van der Waals surface area contributed by atoms with Crippen LogP contribution in [0, 0.1) is 0 Å². The van der Waals surface area contributed by atoms with E-state index in [0.717, 1.165) is 38.4 Å². The van der Waals surface area contributed by atoms with Gasteiger partial charge >= 0.3 is 6.18 Å². The molecule has 0 aliphatic carbocycles. The molecule has 0 atom stereocenters. The third-order valence-electron chi connectivity index (χ3n) is 5.57. The summed E-state index contributed by atoms with van der Waals surface area (Å²) in [6.45, 7) is 2.96. The smallest absolute Gasteiger partial charge is 0.339 e. The zero-order valence-corrected chi connectivity index (χ0v) is 15.7. The number of thiophene rings is 1. The Morgan fingerprint density at radius 1 is 1.07 bits per heavy atom. The summed E-state index contributed by atoms with van der Waals surface area (Å²) >= 11 is 1.81. The van der Waals surface area contributed by atoms with Gasteiger partial charge in [0.2, 0.25) is 0 Å². The van der Waals surface area contributed by atoms with Crippen LogP contribution in [0.5, 0.6) is 0 Å². The van der Waals surface area contributed by atoms with Crippen molar-refractivity contribution in [3.8, 4) is 0 Å². The van der Waals surface area contributed by atoms with E-state index in [4.69, 9.17) is 0 Å². The second kappa shape index (κ2) is 7.28. The molecule has 3 nitrogen and oxygen atoms in total. The lowest BCUT2D eigenvalue weighted by atomic mass is 9.98. The molecule has 27 heavy (non-hydrogen) atoms. The van der Waals surface area contributed by atoms with Gasteiger partial charge in [0.25, 0.3) is 5.91 Å². The summed E-state index contributed by atoms with van der Waals surface area (Å²) in [7, 11) is 0. The molecule has 0 saturated carbocycles. The first kappa shape index (κ1) is 18.5. The van der Waals surface area contributed by atoms with Gasteiger partial charge in [-0.15, -0.1) is 11.3 Å². The van der Waals surface area contributed by atoms with Crippen LogP contribution < -0.4 is 0 Å². The second-order valence-electron chi connectivity index (χ2n) is 7.16. The van der Waals surface area contributed by atoms with Crippen LogP contribution in [0.3, 0.4) is 0 Å². The van der Waals surface area contributed by atoms with E-state index in [-0.39, 0.29) is 5.56 Å². The predicted octanol–water partition coefficient (Wildman–Crippen LogP) is 4.43. The molecule has 0 bridgehead atoms. The summed E-state index contributed by atoms with van der Waals surface area (Å²) in [5, 5.41) is 2.13. The Morgan fingerprint density at radius 3 is 2.56 bits per heavy atom. The highest BCUT2D eigenvalue weighted by Crippen LogP contribution is 2.33. The van der Waals surface area contributed by atoms with Crippen LogP contribution in [-0.2, 0) is 19.1 Å². The fraction of sp³-hybridized carbons (Fsp3) is 0.450. The van der Waals surface area contributed by atoms with Crippen molar-refractivity contribution in [1.82, 2.24) is 9.80 Å². The van der Waals surface area contributed by atoms with Crippen molar-refractivity contribution in [2.75, 3.05) is 19.6 Å². The first-order chi connectivity index (χ1) is 12.9. The third-order valence-corrected chi connectivity index (χ3v) is 6.59. The highest BCUT2D eigenvalue weighted by Gasteiger charge is 2.37. The molecule has 1 amide bonds. The maximum absolute atomic E-state index is 13.2. The van der Waals surface area contributed by atoms with Gasteiger partial charge in [0, 0.05) is 37.1 Å². The molecule has 2 aromatic rings. The van der Waals surface area contributed by atoms with Crippen molar-refractivity contribution in [3.63, 3.8) is 0 Å². The molecule has 7 heteroatoms.